The maximum absolute atomic E-state index is 13.3. The Morgan fingerprint density at radius 2 is 1.94 bits per heavy atom. The minimum atomic E-state index is -0.272. The van der Waals surface area contributed by atoms with Crippen molar-refractivity contribution in [3.8, 4) is 0 Å². The number of nitrogens with one attached hydrogen (secondary N) is 1. The van der Waals surface area contributed by atoms with Crippen molar-refractivity contribution in [3.05, 3.63) is 28.5 Å². The summed E-state index contributed by atoms with van der Waals surface area (Å²) in [4.78, 5) is 0. The molecule has 0 aliphatic heterocycles. The largest absolute Gasteiger partial charge is 0.385 e. The lowest BCUT2D eigenvalue weighted by atomic mass is 10.3. The van der Waals surface area contributed by atoms with Crippen LogP contribution in [0.5, 0.6) is 0 Å². The highest BCUT2D eigenvalue weighted by molar-refractivity contribution is 9.10. The predicted octanol–water partition coefficient (Wildman–Crippen LogP) is 3.79. The quantitative estimate of drug-likeness (QED) is 0.739. The van der Waals surface area contributed by atoms with Crippen LogP contribution >= 0.6 is 15.9 Å². The zero-order chi connectivity index (χ0) is 13.4. The van der Waals surface area contributed by atoms with Crippen LogP contribution in [0, 0.1) is 5.82 Å². The Balaban J connectivity index is 2.37. The first-order valence-electron chi connectivity index (χ1n) is 6.09. The SMILES string of the molecule is CCOC(CCNc1ccc(Br)c(F)c1)OCC. The van der Waals surface area contributed by atoms with Crippen molar-refractivity contribution in [2.45, 2.75) is 26.6 Å². The molecule has 5 heteroatoms. The minimum Gasteiger partial charge on any atom is -0.385 e. The summed E-state index contributed by atoms with van der Waals surface area (Å²) in [6.07, 6.45) is 0.520. The van der Waals surface area contributed by atoms with Crippen molar-refractivity contribution in [3.63, 3.8) is 0 Å². The molecule has 0 fully saturated rings. The highest BCUT2D eigenvalue weighted by atomic mass is 79.9. The molecule has 0 spiro atoms. The first-order chi connectivity index (χ1) is 8.67. The number of hydrogen-bond donors (Lipinski definition) is 1. The summed E-state index contributed by atoms with van der Waals surface area (Å²) in [6, 6.07) is 4.96. The van der Waals surface area contributed by atoms with Crippen molar-refractivity contribution < 1.29 is 13.9 Å². The van der Waals surface area contributed by atoms with E-state index >= 15 is 0 Å². The molecule has 0 saturated carbocycles. The molecule has 3 nitrogen and oxygen atoms in total. The topological polar surface area (TPSA) is 30.5 Å². The highest BCUT2D eigenvalue weighted by Gasteiger charge is 2.07. The van der Waals surface area contributed by atoms with Gasteiger partial charge >= 0.3 is 0 Å². The van der Waals surface area contributed by atoms with E-state index in [9.17, 15) is 4.39 Å². The van der Waals surface area contributed by atoms with Gasteiger partial charge in [0, 0.05) is 31.9 Å². The molecule has 1 aromatic carbocycles. The molecule has 0 aromatic heterocycles. The molecule has 0 bridgehead atoms. The number of anilines is 1. The van der Waals surface area contributed by atoms with Gasteiger partial charge in [-0.3, -0.25) is 0 Å². The lowest BCUT2D eigenvalue weighted by Gasteiger charge is -2.17. The summed E-state index contributed by atoms with van der Waals surface area (Å²) in [7, 11) is 0. The van der Waals surface area contributed by atoms with E-state index in [1.54, 1.807) is 6.07 Å². The van der Waals surface area contributed by atoms with Crippen LogP contribution in [-0.2, 0) is 9.47 Å². The smallest absolute Gasteiger partial charge is 0.159 e. The molecule has 0 aliphatic carbocycles. The lowest BCUT2D eigenvalue weighted by molar-refractivity contribution is -0.137. The number of halogens is 2. The Labute approximate surface area is 116 Å². The molecule has 0 heterocycles. The molecule has 0 aliphatic rings. The van der Waals surface area contributed by atoms with Gasteiger partial charge in [0.05, 0.1) is 4.47 Å². The van der Waals surface area contributed by atoms with Crippen LogP contribution in [-0.4, -0.2) is 26.0 Å². The summed E-state index contributed by atoms with van der Waals surface area (Å²) < 4.78 is 24.6. The third-order valence-corrected chi connectivity index (χ3v) is 2.98. The fourth-order valence-electron chi connectivity index (χ4n) is 1.53. The molecule has 0 radical (unpaired) electrons. The molecule has 1 N–H and O–H groups in total. The first kappa shape index (κ1) is 15.4. The monoisotopic (exact) mass is 319 g/mol. The third kappa shape index (κ3) is 5.33. The van der Waals surface area contributed by atoms with Crippen molar-refractivity contribution in [2.75, 3.05) is 25.1 Å². The van der Waals surface area contributed by atoms with E-state index < -0.39 is 0 Å². The zero-order valence-electron chi connectivity index (χ0n) is 10.7. The average molecular weight is 320 g/mol. The average Bonchev–Trinajstić information content (AvgIpc) is 2.34. The van der Waals surface area contributed by atoms with E-state index in [-0.39, 0.29) is 12.1 Å². The number of benzene rings is 1. The normalized spacial score (nSPS) is 10.9. The van der Waals surface area contributed by atoms with Gasteiger partial charge in [0.15, 0.2) is 6.29 Å². The molecular weight excluding hydrogens is 301 g/mol. The van der Waals surface area contributed by atoms with Gasteiger partial charge in [0.1, 0.15) is 5.82 Å². The molecule has 0 unspecified atom stereocenters. The fourth-order valence-corrected chi connectivity index (χ4v) is 1.77. The summed E-state index contributed by atoms with van der Waals surface area (Å²) in [6.45, 7) is 5.79. The Hall–Kier alpha value is -0.650. The maximum atomic E-state index is 13.3. The molecule has 102 valence electrons. The highest BCUT2D eigenvalue weighted by Crippen LogP contribution is 2.19. The Morgan fingerprint density at radius 1 is 1.28 bits per heavy atom. The Bertz CT molecular complexity index is 357. The predicted molar refractivity (Wildman–Crippen MR) is 74.2 cm³/mol. The second-order valence-electron chi connectivity index (χ2n) is 3.68. The molecule has 0 saturated heterocycles. The fraction of sp³-hybridized carbons (Fsp3) is 0.538. The Kier molecular flexibility index (Phi) is 7.23. The number of rotatable bonds is 8. The van der Waals surface area contributed by atoms with E-state index in [1.165, 1.54) is 6.07 Å². The van der Waals surface area contributed by atoms with E-state index in [0.29, 0.717) is 24.2 Å². The number of ether oxygens (including phenoxy) is 2. The second kappa shape index (κ2) is 8.45. The van der Waals surface area contributed by atoms with Gasteiger partial charge in [0.2, 0.25) is 0 Å². The molecule has 0 amide bonds. The zero-order valence-corrected chi connectivity index (χ0v) is 12.3. The minimum absolute atomic E-state index is 0.201. The van der Waals surface area contributed by atoms with Gasteiger partial charge in [-0.2, -0.15) is 0 Å². The van der Waals surface area contributed by atoms with Crippen LogP contribution in [0.25, 0.3) is 0 Å². The van der Waals surface area contributed by atoms with Crippen molar-refractivity contribution in [1.82, 2.24) is 0 Å². The van der Waals surface area contributed by atoms with Crippen LogP contribution in [0.2, 0.25) is 0 Å². The summed E-state index contributed by atoms with van der Waals surface area (Å²) in [5, 5.41) is 3.14. The molecule has 1 rings (SSSR count). The van der Waals surface area contributed by atoms with E-state index in [4.69, 9.17) is 9.47 Å². The summed E-state index contributed by atoms with van der Waals surface area (Å²) in [5.41, 5.74) is 0.752. The first-order valence-corrected chi connectivity index (χ1v) is 6.88. The van der Waals surface area contributed by atoms with Gasteiger partial charge in [-0.1, -0.05) is 0 Å². The van der Waals surface area contributed by atoms with Crippen LogP contribution in [0.1, 0.15) is 20.3 Å². The second-order valence-corrected chi connectivity index (χ2v) is 4.54. The summed E-state index contributed by atoms with van der Waals surface area (Å²) >= 11 is 3.12. The molecule has 1 aromatic rings. The van der Waals surface area contributed by atoms with Crippen LogP contribution in [0.3, 0.4) is 0 Å². The van der Waals surface area contributed by atoms with E-state index in [2.05, 4.69) is 21.2 Å². The molecular formula is C13H19BrFNO2. The standard InChI is InChI=1S/C13H19BrFNO2/c1-3-17-13(18-4-2)7-8-16-10-5-6-11(14)12(15)9-10/h5-6,9,13,16H,3-4,7-8H2,1-2H3. The van der Waals surface area contributed by atoms with Crippen molar-refractivity contribution >= 4 is 21.6 Å². The van der Waals surface area contributed by atoms with E-state index in [1.807, 2.05) is 19.9 Å². The van der Waals surface area contributed by atoms with Crippen LogP contribution < -0.4 is 5.32 Å². The Morgan fingerprint density at radius 3 is 2.50 bits per heavy atom. The summed E-state index contributed by atoms with van der Waals surface area (Å²) in [5.74, 6) is -0.272. The van der Waals surface area contributed by atoms with Gasteiger partial charge in [-0.15, -0.1) is 0 Å². The third-order valence-electron chi connectivity index (χ3n) is 2.33. The van der Waals surface area contributed by atoms with E-state index in [0.717, 1.165) is 12.1 Å². The van der Waals surface area contributed by atoms with Crippen LogP contribution in [0.15, 0.2) is 22.7 Å². The van der Waals surface area contributed by atoms with Crippen LogP contribution in [0.4, 0.5) is 10.1 Å². The van der Waals surface area contributed by atoms with Crippen molar-refractivity contribution in [2.24, 2.45) is 0 Å². The van der Waals surface area contributed by atoms with Gasteiger partial charge in [-0.05, 0) is 48.0 Å². The molecule has 18 heavy (non-hydrogen) atoms. The van der Waals surface area contributed by atoms with Gasteiger partial charge in [-0.25, -0.2) is 4.39 Å². The lowest BCUT2D eigenvalue weighted by Crippen LogP contribution is -2.21. The number of hydrogen-bond acceptors (Lipinski definition) is 3. The van der Waals surface area contributed by atoms with Gasteiger partial charge in [0.25, 0.3) is 0 Å². The van der Waals surface area contributed by atoms with Crippen molar-refractivity contribution in [1.29, 1.82) is 0 Å². The van der Waals surface area contributed by atoms with Gasteiger partial charge < -0.3 is 14.8 Å². The maximum Gasteiger partial charge on any atom is 0.159 e. The molecule has 0 atom stereocenters.